The van der Waals surface area contributed by atoms with Gasteiger partial charge in [-0.3, -0.25) is 0 Å². The van der Waals surface area contributed by atoms with Crippen molar-refractivity contribution < 1.29 is 4.74 Å². The summed E-state index contributed by atoms with van der Waals surface area (Å²) in [7, 11) is 3.99. The van der Waals surface area contributed by atoms with E-state index in [0.29, 0.717) is 0 Å². The summed E-state index contributed by atoms with van der Waals surface area (Å²) in [5.41, 5.74) is 0. The first-order valence-corrected chi connectivity index (χ1v) is 6.21. The molecule has 0 atom stereocenters. The zero-order chi connectivity index (χ0) is 10.9. The molecule has 1 rings (SSSR count). The summed E-state index contributed by atoms with van der Waals surface area (Å²) in [6.07, 6.45) is 5.25. The quantitative estimate of drug-likeness (QED) is 0.647. The Morgan fingerprint density at radius 1 is 1.27 bits per heavy atom. The first-order valence-electron chi connectivity index (χ1n) is 6.21. The smallest absolute Gasteiger partial charge is 0.0474 e. The Hall–Kier alpha value is -0.120. The summed E-state index contributed by atoms with van der Waals surface area (Å²) in [4.78, 5) is 2.43. The van der Waals surface area contributed by atoms with Crippen LogP contribution in [0.1, 0.15) is 25.7 Å². The maximum absolute atomic E-state index is 5.05. The number of nitrogens with zero attached hydrogens (tertiary/aromatic N) is 1. The Bertz CT molecular complexity index is 147. The number of methoxy groups -OCH3 is 1. The third-order valence-electron chi connectivity index (χ3n) is 3.27. The fourth-order valence-electron chi connectivity index (χ4n) is 2.16. The highest BCUT2D eigenvalue weighted by Crippen LogP contribution is 2.15. The van der Waals surface area contributed by atoms with Crippen molar-refractivity contribution in [1.82, 2.24) is 10.2 Å². The fraction of sp³-hybridized carbons (Fsp3) is 1.00. The van der Waals surface area contributed by atoms with Gasteiger partial charge in [0.1, 0.15) is 0 Å². The van der Waals surface area contributed by atoms with Gasteiger partial charge in [0, 0.05) is 20.3 Å². The highest BCUT2D eigenvalue weighted by Gasteiger charge is 2.13. The van der Waals surface area contributed by atoms with E-state index in [0.717, 1.165) is 18.9 Å². The third-order valence-corrected chi connectivity index (χ3v) is 3.27. The summed E-state index contributed by atoms with van der Waals surface area (Å²) in [6, 6.07) is 0. The first-order chi connectivity index (χ1) is 7.33. The fourth-order valence-corrected chi connectivity index (χ4v) is 2.16. The van der Waals surface area contributed by atoms with Gasteiger partial charge in [-0.05, 0) is 58.3 Å². The summed E-state index contributed by atoms with van der Waals surface area (Å²) in [5.74, 6) is 0.955. The van der Waals surface area contributed by atoms with Gasteiger partial charge in [-0.2, -0.15) is 0 Å². The molecule has 1 aliphatic rings. The average molecular weight is 214 g/mol. The zero-order valence-corrected chi connectivity index (χ0v) is 10.3. The van der Waals surface area contributed by atoms with Crippen molar-refractivity contribution in [2.24, 2.45) is 5.92 Å². The van der Waals surface area contributed by atoms with Crippen LogP contribution in [-0.2, 0) is 4.74 Å². The maximum atomic E-state index is 5.05. The molecule has 3 heteroatoms. The molecule has 0 amide bonds. The number of hydrogen-bond acceptors (Lipinski definition) is 3. The van der Waals surface area contributed by atoms with Crippen molar-refractivity contribution in [3.8, 4) is 0 Å². The largest absolute Gasteiger partial charge is 0.385 e. The molecule has 0 spiro atoms. The van der Waals surface area contributed by atoms with Crippen LogP contribution in [0.3, 0.4) is 0 Å². The molecule has 1 N–H and O–H groups in total. The predicted octanol–water partition coefficient (Wildman–Crippen LogP) is 1.34. The summed E-state index contributed by atoms with van der Waals surface area (Å²) in [6.45, 7) is 5.74. The standard InChI is InChI=1S/C12H26N2O/c1-14(9-3-11-15-2)10-6-12-4-7-13-8-5-12/h12-13H,3-11H2,1-2H3. The number of rotatable bonds is 7. The van der Waals surface area contributed by atoms with E-state index in [1.54, 1.807) is 7.11 Å². The van der Waals surface area contributed by atoms with Gasteiger partial charge in [0.25, 0.3) is 0 Å². The molecule has 0 aromatic heterocycles. The van der Waals surface area contributed by atoms with Crippen LogP contribution in [-0.4, -0.2) is 51.8 Å². The molecule has 1 saturated heterocycles. The number of ether oxygens (including phenoxy) is 1. The van der Waals surface area contributed by atoms with E-state index >= 15 is 0 Å². The molecule has 3 nitrogen and oxygen atoms in total. The van der Waals surface area contributed by atoms with Crippen molar-refractivity contribution in [3.63, 3.8) is 0 Å². The summed E-state index contributed by atoms with van der Waals surface area (Å²) >= 11 is 0. The Morgan fingerprint density at radius 2 is 2.00 bits per heavy atom. The predicted molar refractivity (Wildman–Crippen MR) is 64.2 cm³/mol. The van der Waals surface area contributed by atoms with E-state index in [4.69, 9.17) is 4.74 Å². The molecule has 0 aliphatic carbocycles. The lowest BCUT2D eigenvalue weighted by atomic mass is 9.94. The molecule has 0 unspecified atom stereocenters. The van der Waals surface area contributed by atoms with Gasteiger partial charge in [0.05, 0.1) is 0 Å². The number of hydrogen-bond donors (Lipinski definition) is 1. The van der Waals surface area contributed by atoms with E-state index in [2.05, 4.69) is 17.3 Å². The molecule has 0 aromatic carbocycles. The van der Waals surface area contributed by atoms with Gasteiger partial charge < -0.3 is 15.0 Å². The van der Waals surface area contributed by atoms with E-state index in [1.807, 2.05) is 0 Å². The van der Waals surface area contributed by atoms with Gasteiger partial charge in [0.15, 0.2) is 0 Å². The van der Waals surface area contributed by atoms with Gasteiger partial charge in [-0.15, -0.1) is 0 Å². The molecule has 0 aromatic rings. The van der Waals surface area contributed by atoms with Gasteiger partial charge in [-0.25, -0.2) is 0 Å². The lowest BCUT2D eigenvalue weighted by Crippen LogP contribution is -2.30. The lowest BCUT2D eigenvalue weighted by molar-refractivity contribution is 0.176. The lowest BCUT2D eigenvalue weighted by Gasteiger charge is -2.25. The van der Waals surface area contributed by atoms with Crippen molar-refractivity contribution >= 4 is 0 Å². The van der Waals surface area contributed by atoms with Crippen LogP contribution in [0, 0.1) is 5.92 Å². The molecule has 0 bridgehead atoms. The molecule has 1 heterocycles. The molecule has 0 radical (unpaired) electrons. The molecule has 1 fully saturated rings. The van der Waals surface area contributed by atoms with Crippen molar-refractivity contribution in [2.75, 3.05) is 46.9 Å². The second-order valence-corrected chi connectivity index (χ2v) is 4.63. The topological polar surface area (TPSA) is 24.5 Å². The average Bonchev–Trinajstić information content (AvgIpc) is 2.28. The van der Waals surface area contributed by atoms with Crippen LogP contribution in [0.25, 0.3) is 0 Å². The SMILES string of the molecule is COCCCN(C)CCC1CCNCC1. The highest BCUT2D eigenvalue weighted by atomic mass is 16.5. The van der Waals surface area contributed by atoms with E-state index in [-0.39, 0.29) is 0 Å². The van der Waals surface area contributed by atoms with Crippen LogP contribution < -0.4 is 5.32 Å². The molecule has 15 heavy (non-hydrogen) atoms. The van der Waals surface area contributed by atoms with E-state index < -0.39 is 0 Å². The molecular weight excluding hydrogens is 188 g/mol. The monoisotopic (exact) mass is 214 g/mol. The minimum Gasteiger partial charge on any atom is -0.385 e. The van der Waals surface area contributed by atoms with Gasteiger partial charge in [-0.1, -0.05) is 0 Å². The molecule has 90 valence electrons. The minimum atomic E-state index is 0.887. The summed E-state index contributed by atoms with van der Waals surface area (Å²) < 4.78 is 5.05. The van der Waals surface area contributed by atoms with Crippen LogP contribution >= 0.6 is 0 Å². The third kappa shape index (κ3) is 6.13. The second kappa shape index (κ2) is 8.08. The minimum absolute atomic E-state index is 0.887. The molecule has 0 saturated carbocycles. The van der Waals surface area contributed by atoms with Crippen LogP contribution in [0.5, 0.6) is 0 Å². The van der Waals surface area contributed by atoms with Crippen LogP contribution in [0.4, 0.5) is 0 Å². The van der Waals surface area contributed by atoms with E-state index in [1.165, 1.54) is 45.4 Å². The summed E-state index contributed by atoms with van der Waals surface area (Å²) in [5, 5.41) is 3.41. The number of piperidine rings is 1. The van der Waals surface area contributed by atoms with Crippen molar-refractivity contribution in [1.29, 1.82) is 0 Å². The Morgan fingerprint density at radius 3 is 2.67 bits per heavy atom. The Balaban J connectivity index is 1.97. The first kappa shape index (κ1) is 12.9. The molecule has 1 aliphatic heterocycles. The second-order valence-electron chi connectivity index (χ2n) is 4.63. The maximum Gasteiger partial charge on any atom is 0.0474 e. The van der Waals surface area contributed by atoms with Crippen molar-refractivity contribution in [2.45, 2.75) is 25.7 Å². The number of nitrogens with one attached hydrogen (secondary N) is 1. The molecular formula is C12H26N2O. The van der Waals surface area contributed by atoms with Gasteiger partial charge in [0.2, 0.25) is 0 Å². The van der Waals surface area contributed by atoms with Crippen LogP contribution in [0.2, 0.25) is 0 Å². The van der Waals surface area contributed by atoms with Crippen LogP contribution in [0.15, 0.2) is 0 Å². The van der Waals surface area contributed by atoms with Crippen molar-refractivity contribution in [3.05, 3.63) is 0 Å². The normalized spacial score (nSPS) is 18.6. The highest BCUT2D eigenvalue weighted by molar-refractivity contribution is 4.69. The zero-order valence-electron chi connectivity index (χ0n) is 10.3. The van der Waals surface area contributed by atoms with E-state index in [9.17, 15) is 0 Å². The Kier molecular flexibility index (Phi) is 6.98. The van der Waals surface area contributed by atoms with Gasteiger partial charge >= 0.3 is 0 Å². The Labute approximate surface area is 94.2 Å².